The molecule has 0 aliphatic carbocycles. The van der Waals surface area contributed by atoms with E-state index in [1.807, 2.05) is 32.0 Å². The second kappa shape index (κ2) is 6.88. The lowest BCUT2D eigenvalue weighted by Crippen LogP contribution is -2.34. The second-order valence-electron chi connectivity index (χ2n) is 4.46. The topological polar surface area (TPSA) is 35.2 Å². The van der Waals surface area contributed by atoms with Crippen LogP contribution in [0.2, 0.25) is 5.02 Å². The quantitative estimate of drug-likeness (QED) is 0.798. The standard InChI is InChI=1S/C12H17BrClNOS/c1-12(2,15)8-17-6-5-16-11-4-3-9(14)7-10(11)13/h3-4,7H,5-6,8,15H2,1-2H3. The van der Waals surface area contributed by atoms with Gasteiger partial charge in [-0.3, -0.25) is 0 Å². The molecule has 96 valence electrons. The zero-order valence-electron chi connectivity index (χ0n) is 10.0. The van der Waals surface area contributed by atoms with E-state index < -0.39 is 0 Å². The van der Waals surface area contributed by atoms with E-state index in [0.717, 1.165) is 21.7 Å². The predicted molar refractivity (Wildman–Crippen MR) is 80.2 cm³/mol. The number of ether oxygens (including phenoxy) is 1. The van der Waals surface area contributed by atoms with Crippen LogP contribution in [0, 0.1) is 0 Å². The molecular weight excluding hydrogens is 322 g/mol. The zero-order valence-corrected chi connectivity index (χ0v) is 13.2. The number of thioether (sulfide) groups is 1. The molecule has 2 N–H and O–H groups in total. The molecule has 1 aromatic carbocycles. The summed E-state index contributed by atoms with van der Waals surface area (Å²) in [4.78, 5) is 0. The lowest BCUT2D eigenvalue weighted by Gasteiger charge is -2.17. The summed E-state index contributed by atoms with van der Waals surface area (Å²) in [5.74, 6) is 2.68. The van der Waals surface area contributed by atoms with Gasteiger partial charge >= 0.3 is 0 Å². The van der Waals surface area contributed by atoms with Crippen molar-refractivity contribution in [2.75, 3.05) is 18.1 Å². The minimum Gasteiger partial charge on any atom is -0.492 e. The van der Waals surface area contributed by atoms with Crippen LogP contribution in [-0.4, -0.2) is 23.7 Å². The number of rotatable bonds is 6. The van der Waals surface area contributed by atoms with Crippen molar-refractivity contribution in [2.24, 2.45) is 5.73 Å². The highest BCUT2D eigenvalue weighted by atomic mass is 79.9. The average Bonchev–Trinajstić information content (AvgIpc) is 2.18. The molecule has 1 rings (SSSR count). The van der Waals surface area contributed by atoms with Crippen LogP contribution in [-0.2, 0) is 0 Å². The summed E-state index contributed by atoms with van der Waals surface area (Å²) in [5, 5.41) is 0.698. The number of nitrogens with two attached hydrogens (primary N) is 1. The lowest BCUT2D eigenvalue weighted by atomic mass is 10.1. The van der Waals surface area contributed by atoms with E-state index >= 15 is 0 Å². The van der Waals surface area contributed by atoms with Gasteiger partial charge in [-0.2, -0.15) is 11.8 Å². The second-order valence-corrected chi connectivity index (χ2v) is 6.86. The Morgan fingerprint density at radius 2 is 2.18 bits per heavy atom. The first-order valence-corrected chi connectivity index (χ1v) is 7.65. The molecule has 5 heteroatoms. The molecule has 0 fully saturated rings. The summed E-state index contributed by atoms with van der Waals surface area (Å²) in [5.41, 5.74) is 5.77. The maximum absolute atomic E-state index is 5.89. The summed E-state index contributed by atoms with van der Waals surface area (Å²) in [6.07, 6.45) is 0. The summed E-state index contributed by atoms with van der Waals surface area (Å²) in [6.45, 7) is 4.72. The van der Waals surface area contributed by atoms with Gasteiger partial charge in [0.05, 0.1) is 11.1 Å². The van der Waals surface area contributed by atoms with Crippen LogP contribution in [0.5, 0.6) is 5.75 Å². The summed E-state index contributed by atoms with van der Waals surface area (Å²) in [6, 6.07) is 5.51. The van der Waals surface area contributed by atoms with Crippen molar-refractivity contribution in [3.05, 3.63) is 27.7 Å². The largest absolute Gasteiger partial charge is 0.492 e. The molecule has 1 aromatic rings. The van der Waals surface area contributed by atoms with Gasteiger partial charge in [0.15, 0.2) is 0 Å². The molecule has 0 saturated heterocycles. The van der Waals surface area contributed by atoms with Crippen LogP contribution < -0.4 is 10.5 Å². The maximum atomic E-state index is 5.89. The van der Waals surface area contributed by atoms with E-state index in [2.05, 4.69) is 15.9 Å². The van der Waals surface area contributed by atoms with Crippen molar-refractivity contribution in [2.45, 2.75) is 19.4 Å². The van der Waals surface area contributed by atoms with Gasteiger partial charge in [-0.25, -0.2) is 0 Å². The third kappa shape index (κ3) is 6.55. The lowest BCUT2D eigenvalue weighted by molar-refractivity contribution is 0.341. The van der Waals surface area contributed by atoms with Crippen molar-refractivity contribution in [1.82, 2.24) is 0 Å². The summed E-state index contributed by atoms with van der Waals surface area (Å²) < 4.78 is 6.52. The fourth-order valence-corrected chi connectivity index (χ4v) is 2.81. The van der Waals surface area contributed by atoms with Crippen molar-refractivity contribution in [3.63, 3.8) is 0 Å². The first-order valence-electron chi connectivity index (χ1n) is 5.33. The zero-order chi connectivity index (χ0) is 12.9. The van der Waals surface area contributed by atoms with Crippen LogP contribution in [0.3, 0.4) is 0 Å². The number of benzene rings is 1. The Kier molecular flexibility index (Phi) is 6.13. The van der Waals surface area contributed by atoms with Crippen LogP contribution in [0.25, 0.3) is 0 Å². The Balaban J connectivity index is 2.27. The minimum absolute atomic E-state index is 0.120. The molecule has 0 radical (unpaired) electrons. The van der Waals surface area contributed by atoms with Crippen molar-refractivity contribution in [1.29, 1.82) is 0 Å². The Hall–Kier alpha value is 0.1000. The number of hydrogen-bond acceptors (Lipinski definition) is 3. The number of hydrogen-bond donors (Lipinski definition) is 1. The molecular formula is C12H17BrClNOS. The van der Waals surface area contributed by atoms with Crippen molar-refractivity contribution in [3.8, 4) is 5.75 Å². The van der Waals surface area contributed by atoms with E-state index in [1.54, 1.807) is 11.8 Å². The molecule has 0 atom stereocenters. The predicted octanol–water partition coefficient (Wildman–Crippen LogP) is 3.95. The summed E-state index contributed by atoms with van der Waals surface area (Å²) in [7, 11) is 0. The smallest absolute Gasteiger partial charge is 0.133 e. The van der Waals surface area contributed by atoms with Gasteiger partial charge in [0, 0.05) is 22.1 Å². The average molecular weight is 339 g/mol. The van der Waals surface area contributed by atoms with E-state index in [0.29, 0.717) is 11.6 Å². The van der Waals surface area contributed by atoms with E-state index in [4.69, 9.17) is 22.1 Å². The molecule has 17 heavy (non-hydrogen) atoms. The third-order valence-electron chi connectivity index (χ3n) is 1.85. The molecule has 0 aliphatic heterocycles. The Morgan fingerprint density at radius 1 is 1.47 bits per heavy atom. The van der Waals surface area contributed by atoms with E-state index in [-0.39, 0.29) is 5.54 Å². The van der Waals surface area contributed by atoms with E-state index in [9.17, 15) is 0 Å². The van der Waals surface area contributed by atoms with Gasteiger partial charge in [0.2, 0.25) is 0 Å². The van der Waals surface area contributed by atoms with Gasteiger partial charge in [0.25, 0.3) is 0 Å². The monoisotopic (exact) mass is 337 g/mol. The first kappa shape index (κ1) is 15.2. The molecule has 0 unspecified atom stereocenters. The highest BCUT2D eigenvalue weighted by molar-refractivity contribution is 9.10. The molecule has 0 aliphatic rings. The summed E-state index contributed by atoms with van der Waals surface area (Å²) >= 11 is 11.1. The van der Waals surface area contributed by atoms with Gasteiger partial charge in [-0.1, -0.05) is 11.6 Å². The molecule has 0 heterocycles. The number of halogens is 2. The van der Waals surface area contributed by atoms with Crippen LogP contribution in [0.15, 0.2) is 22.7 Å². The van der Waals surface area contributed by atoms with Crippen molar-refractivity contribution >= 4 is 39.3 Å². The Labute approximate surface area is 120 Å². The fraction of sp³-hybridized carbons (Fsp3) is 0.500. The minimum atomic E-state index is -0.120. The fourth-order valence-electron chi connectivity index (χ4n) is 1.14. The highest BCUT2D eigenvalue weighted by Gasteiger charge is 2.09. The molecule has 2 nitrogen and oxygen atoms in total. The Bertz CT molecular complexity index is 368. The van der Waals surface area contributed by atoms with Gasteiger partial charge in [0.1, 0.15) is 5.75 Å². The highest BCUT2D eigenvalue weighted by Crippen LogP contribution is 2.28. The van der Waals surface area contributed by atoms with E-state index in [1.165, 1.54) is 0 Å². The van der Waals surface area contributed by atoms with Gasteiger partial charge in [-0.15, -0.1) is 0 Å². The van der Waals surface area contributed by atoms with Crippen LogP contribution in [0.1, 0.15) is 13.8 Å². The molecule has 0 aromatic heterocycles. The van der Waals surface area contributed by atoms with Crippen LogP contribution in [0.4, 0.5) is 0 Å². The molecule has 0 amide bonds. The van der Waals surface area contributed by atoms with Gasteiger partial charge in [-0.05, 0) is 48.0 Å². The maximum Gasteiger partial charge on any atom is 0.133 e. The van der Waals surface area contributed by atoms with Crippen molar-refractivity contribution < 1.29 is 4.74 Å². The SMILES string of the molecule is CC(C)(N)CSCCOc1ccc(Cl)cc1Br. The molecule has 0 spiro atoms. The normalized spacial score (nSPS) is 11.6. The molecule has 0 saturated carbocycles. The van der Waals surface area contributed by atoms with Gasteiger partial charge < -0.3 is 10.5 Å². The Morgan fingerprint density at radius 3 is 2.76 bits per heavy atom. The first-order chi connectivity index (χ1) is 7.88. The van der Waals surface area contributed by atoms with Crippen LogP contribution >= 0.6 is 39.3 Å². The third-order valence-corrected chi connectivity index (χ3v) is 4.11. The molecule has 0 bridgehead atoms.